The van der Waals surface area contributed by atoms with E-state index in [1.54, 1.807) is 72.1 Å². The van der Waals surface area contributed by atoms with E-state index >= 15 is 0 Å². The summed E-state index contributed by atoms with van der Waals surface area (Å²) in [6.45, 7) is 3.02. The molecule has 1 saturated heterocycles. The molecule has 0 saturated carbocycles. The molecule has 9 heteroatoms. The number of carbonyl (C=O) groups excluding carboxylic acids is 2. The highest BCUT2D eigenvalue weighted by molar-refractivity contribution is 7.98. The summed E-state index contributed by atoms with van der Waals surface area (Å²) in [6, 6.07) is 13.4. The standard InChI is InChI=1S/C23H28N2O5S2/c1-4-25(32(28,29)21-11-9-20(31-3)10-12-21)19-7-5-17(6-8-19)22(26)24-15-13-18(14-16-24)23(27)30-2/h5-12,18H,4,13-16H2,1-3H3. The van der Waals surface area contributed by atoms with Gasteiger partial charge in [-0.25, -0.2) is 8.42 Å². The number of amides is 1. The Bertz CT molecular complexity index is 1040. The predicted octanol–water partition coefficient (Wildman–Crippen LogP) is 3.65. The Labute approximate surface area is 193 Å². The number of benzene rings is 2. The van der Waals surface area contributed by atoms with Crippen molar-refractivity contribution in [2.24, 2.45) is 5.92 Å². The normalized spacial score (nSPS) is 14.8. The van der Waals surface area contributed by atoms with Crippen LogP contribution in [0.5, 0.6) is 0 Å². The summed E-state index contributed by atoms with van der Waals surface area (Å²) < 4.78 is 32.4. The van der Waals surface area contributed by atoms with Crippen LogP contribution < -0.4 is 4.31 Å². The molecule has 1 amide bonds. The summed E-state index contributed by atoms with van der Waals surface area (Å²) >= 11 is 1.55. The first-order valence-corrected chi connectivity index (χ1v) is 13.1. The second-order valence-electron chi connectivity index (χ2n) is 7.48. The number of methoxy groups -OCH3 is 1. The minimum atomic E-state index is -3.71. The number of thioether (sulfide) groups is 1. The van der Waals surface area contributed by atoms with Gasteiger partial charge in [-0.2, -0.15) is 0 Å². The van der Waals surface area contributed by atoms with Crippen molar-refractivity contribution in [2.75, 3.05) is 37.3 Å². The molecule has 1 aliphatic rings. The van der Waals surface area contributed by atoms with E-state index in [0.717, 1.165) is 4.90 Å². The Morgan fingerprint density at radius 3 is 2.16 bits per heavy atom. The smallest absolute Gasteiger partial charge is 0.308 e. The molecular weight excluding hydrogens is 448 g/mol. The van der Waals surface area contributed by atoms with Crippen LogP contribution in [0.4, 0.5) is 5.69 Å². The molecule has 0 radical (unpaired) electrons. The van der Waals surface area contributed by atoms with E-state index in [0.29, 0.717) is 37.2 Å². The lowest BCUT2D eigenvalue weighted by Crippen LogP contribution is -2.40. The second-order valence-corrected chi connectivity index (χ2v) is 10.2. The molecular formula is C23H28N2O5S2. The third-order valence-corrected chi connectivity index (χ3v) is 8.31. The lowest BCUT2D eigenvalue weighted by Gasteiger charge is -2.31. The summed E-state index contributed by atoms with van der Waals surface area (Å²) in [5, 5.41) is 0. The van der Waals surface area contributed by atoms with Crippen LogP contribution in [0.3, 0.4) is 0 Å². The number of ether oxygens (including phenoxy) is 1. The van der Waals surface area contributed by atoms with E-state index < -0.39 is 10.0 Å². The number of piperidine rings is 1. The van der Waals surface area contributed by atoms with Crippen LogP contribution in [0, 0.1) is 5.92 Å². The average molecular weight is 477 g/mol. The van der Waals surface area contributed by atoms with E-state index in [1.807, 2.05) is 6.26 Å². The van der Waals surface area contributed by atoms with Crippen molar-refractivity contribution < 1.29 is 22.7 Å². The fraction of sp³-hybridized carbons (Fsp3) is 0.391. The zero-order valence-corrected chi connectivity index (χ0v) is 20.1. The van der Waals surface area contributed by atoms with Gasteiger partial charge in [0.2, 0.25) is 0 Å². The number of sulfonamides is 1. The molecule has 0 unspecified atom stereocenters. The Balaban J connectivity index is 1.73. The third kappa shape index (κ3) is 5.10. The number of hydrogen-bond acceptors (Lipinski definition) is 6. The summed E-state index contributed by atoms with van der Waals surface area (Å²) in [4.78, 5) is 27.5. The molecule has 2 aromatic carbocycles. The Kier molecular flexibility index (Phi) is 7.84. The first-order valence-electron chi connectivity index (χ1n) is 10.5. The van der Waals surface area contributed by atoms with Crippen molar-refractivity contribution in [3.8, 4) is 0 Å². The van der Waals surface area contributed by atoms with Crippen LogP contribution in [0.15, 0.2) is 58.3 Å². The topological polar surface area (TPSA) is 84.0 Å². The van der Waals surface area contributed by atoms with Gasteiger partial charge in [-0.3, -0.25) is 13.9 Å². The Morgan fingerprint density at radius 1 is 1.06 bits per heavy atom. The molecule has 0 bridgehead atoms. The molecule has 1 fully saturated rings. The zero-order valence-electron chi connectivity index (χ0n) is 18.5. The fourth-order valence-electron chi connectivity index (χ4n) is 3.80. The molecule has 0 atom stereocenters. The largest absolute Gasteiger partial charge is 0.469 e. The number of nitrogens with zero attached hydrogens (tertiary/aromatic N) is 2. The molecule has 32 heavy (non-hydrogen) atoms. The number of carbonyl (C=O) groups is 2. The van der Waals surface area contributed by atoms with Gasteiger partial charge in [-0.15, -0.1) is 11.8 Å². The lowest BCUT2D eigenvalue weighted by molar-refractivity contribution is -0.146. The Morgan fingerprint density at radius 2 is 1.66 bits per heavy atom. The predicted molar refractivity (Wildman–Crippen MR) is 126 cm³/mol. The number of hydrogen-bond donors (Lipinski definition) is 0. The number of esters is 1. The maximum atomic E-state index is 13.1. The van der Waals surface area contributed by atoms with E-state index in [1.165, 1.54) is 11.4 Å². The van der Waals surface area contributed by atoms with Gasteiger partial charge in [-0.1, -0.05) is 0 Å². The van der Waals surface area contributed by atoms with Crippen LogP contribution in [0.2, 0.25) is 0 Å². The van der Waals surface area contributed by atoms with Gasteiger partial charge in [0, 0.05) is 30.1 Å². The highest BCUT2D eigenvalue weighted by Gasteiger charge is 2.29. The van der Waals surface area contributed by atoms with Crippen molar-refractivity contribution in [1.29, 1.82) is 0 Å². The summed E-state index contributed by atoms with van der Waals surface area (Å²) in [5.41, 5.74) is 0.991. The van der Waals surface area contributed by atoms with Crippen molar-refractivity contribution in [3.63, 3.8) is 0 Å². The average Bonchev–Trinajstić information content (AvgIpc) is 2.84. The van der Waals surface area contributed by atoms with Crippen molar-refractivity contribution in [1.82, 2.24) is 4.90 Å². The lowest BCUT2D eigenvalue weighted by atomic mass is 9.96. The SMILES string of the molecule is CCN(c1ccc(C(=O)N2CCC(C(=O)OC)CC2)cc1)S(=O)(=O)c1ccc(SC)cc1. The van der Waals surface area contributed by atoms with Crippen LogP contribution in [0.25, 0.3) is 0 Å². The van der Waals surface area contributed by atoms with Gasteiger partial charge in [0.1, 0.15) is 0 Å². The molecule has 0 N–H and O–H groups in total. The van der Waals surface area contributed by atoms with Gasteiger partial charge in [-0.05, 0) is 74.6 Å². The molecule has 172 valence electrons. The summed E-state index contributed by atoms with van der Waals surface area (Å²) in [7, 11) is -2.34. The monoisotopic (exact) mass is 476 g/mol. The van der Waals surface area contributed by atoms with Crippen LogP contribution in [-0.4, -0.2) is 58.2 Å². The van der Waals surface area contributed by atoms with Crippen LogP contribution in [0.1, 0.15) is 30.1 Å². The van der Waals surface area contributed by atoms with Crippen molar-refractivity contribution >= 4 is 39.3 Å². The molecule has 0 spiro atoms. The second kappa shape index (κ2) is 10.4. The van der Waals surface area contributed by atoms with E-state index in [-0.39, 0.29) is 29.2 Å². The van der Waals surface area contributed by atoms with Gasteiger partial charge in [0.25, 0.3) is 15.9 Å². The van der Waals surface area contributed by atoms with Gasteiger partial charge < -0.3 is 9.64 Å². The highest BCUT2D eigenvalue weighted by atomic mass is 32.2. The number of anilines is 1. The molecule has 0 aliphatic carbocycles. The maximum Gasteiger partial charge on any atom is 0.308 e. The number of rotatable bonds is 7. The zero-order chi connectivity index (χ0) is 23.3. The summed E-state index contributed by atoms with van der Waals surface area (Å²) in [5.74, 6) is -0.524. The van der Waals surface area contributed by atoms with E-state index in [2.05, 4.69) is 0 Å². The quantitative estimate of drug-likeness (QED) is 0.448. The van der Waals surface area contributed by atoms with Crippen LogP contribution >= 0.6 is 11.8 Å². The Hall–Kier alpha value is -2.52. The van der Waals surface area contributed by atoms with Gasteiger partial charge >= 0.3 is 5.97 Å². The van der Waals surface area contributed by atoms with E-state index in [4.69, 9.17) is 4.74 Å². The van der Waals surface area contributed by atoms with E-state index in [9.17, 15) is 18.0 Å². The third-order valence-electron chi connectivity index (χ3n) is 5.65. The van der Waals surface area contributed by atoms with Crippen LogP contribution in [-0.2, 0) is 19.6 Å². The molecule has 0 aromatic heterocycles. The molecule has 1 aliphatic heterocycles. The fourth-order valence-corrected chi connectivity index (χ4v) is 5.69. The first kappa shape index (κ1) is 24.1. The molecule has 1 heterocycles. The minimum absolute atomic E-state index is 0.126. The first-order chi connectivity index (χ1) is 15.3. The van der Waals surface area contributed by atoms with Gasteiger partial charge in [0.05, 0.1) is 23.6 Å². The van der Waals surface area contributed by atoms with Crippen molar-refractivity contribution in [3.05, 3.63) is 54.1 Å². The van der Waals surface area contributed by atoms with Gasteiger partial charge in [0.15, 0.2) is 0 Å². The highest BCUT2D eigenvalue weighted by Crippen LogP contribution is 2.26. The molecule has 2 aromatic rings. The number of likely N-dealkylation sites (tertiary alicyclic amines) is 1. The molecule has 7 nitrogen and oxygen atoms in total. The molecule has 3 rings (SSSR count). The van der Waals surface area contributed by atoms with Crippen molar-refractivity contribution in [2.45, 2.75) is 29.6 Å². The maximum absolute atomic E-state index is 13.1. The minimum Gasteiger partial charge on any atom is -0.469 e. The summed E-state index contributed by atoms with van der Waals surface area (Å²) in [6.07, 6.45) is 3.09.